The van der Waals surface area contributed by atoms with Gasteiger partial charge in [-0.25, -0.2) is 4.39 Å². The number of halogens is 1. The molecule has 1 heterocycles. The molecule has 0 aliphatic carbocycles. The smallest absolute Gasteiger partial charge is 0.258 e. The number of nitrogens with zero attached hydrogens (tertiary/aromatic N) is 1. The Morgan fingerprint density at radius 2 is 2.00 bits per heavy atom. The van der Waals surface area contributed by atoms with Crippen molar-refractivity contribution in [1.29, 1.82) is 0 Å². The van der Waals surface area contributed by atoms with Gasteiger partial charge < -0.3 is 10.2 Å². The number of anilines is 1. The van der Waals surface area contributed by atoms with Crippen molar-refractivity contribution in [2.75, 3.05) is 11.4 Å². The summed E-state index contributed by atoms with van der Waals surface area (Å²) in [5, 5.41) is 2.68. The van der Waals surface area contributed by atoms with Crippen LogP contribution >= 0.6 is 0 Å². The van der Waals surface area contributed by atoms with Crippen LogP contribution in [0.4, 0.5) is 10.1 Å². The molecule has 4 nitrogen and oxygen atoms in total. The van der Waals surface area contributed by atoms with Gasteiger partial charge in [-0.15, -0.1) is 0 Å². The standard InChI is InChI=1S/C21H21FN2O2/c1-3-19(25)23-13-15-6-8-16(9-7-15)21(26)24-10-4-5-17-11-14(2)12-18(22)20(17)24/h3,6-9,11-12H,1,4-5,10,13H2,2H3,(H,23,25). The van der Waals surface area contributed by atoms with E-state index in [1.807, 2.05) is 13.0 Å². The van der Waals surface area contributed by atoms with E-state index in [0.717, 1.165) is 29.5 Å². The van der Waals surface area contributed by atoms with Crippen LogP contribution in [0, 0.1) is 12.7 Å². The van der Waals surface area contributed by atoms with Gasteiger partial charge in [-0.3, -0.25) is 9.59 Å². The van der Waals surface area contributed by atoms with Crippen LogP contribution in [0.2, 0.25) is 0 Å². The lowest BCUT2D eigenvalue weighted by atomic mass is 9.98. The van der Waals surface area contributed by atoms with E-state index in [-0.39, 0.29) is 17.6 Å². The summed E-state index contributed by atoms with van der Waals surface area (Å²) in [6.07, 6.45) is 2.80. The molecule has 2 amide bonds. The molecule has 5 heteroatoms. The number of rotatable bonds is 4. The molecule has 134 valence electrons. The first-order chi connectivity index (χ1) is 12.5. The molecule has 2 aromatic carbocycles. The monoisotopic (exact) mass is 352 g/mol. The van der Waals surface area contributed by atoms with E-state index in [1.165, 1.54) is 17.0 Å². The maximum Gasteiger partial charge on any atom is 0.258 e. The van der Waals surface area contributed by atoms with Crippen molar-refractivity contribution in [3.05, 3.63) is 77.1 Å². The van der Waals surface area contributed by atoms with Gasteiger partial charge in [0.15, 0.2) is 0 Å². The van der Waals surface area contributed by atoms with Gasteiger partial charge >= 0.3 is 0 Å². The fourth-order valence-electron chi connectivity index (χ4n) is 3.22. The van der Waals surface area contributed by atoms with E-state index in [0.29, 0.717) is 24.3 Å². The highest BCUT2D eigenvalue weighted by atomic mass is 19.1. The van der Waals surface area contributed by atoms with Crippen molar-refractivity contribution in [1.82, 2.24) is 5.32 Å². The van der Waals surface area contributed by atoms with Gasteiger partial charge in [-0.05, 0) is 60.7 Å². The van der Waals surface area contributed by atoms with Gasteiger partial charge in [0.1, 0.15) is 5.82 Å². The van der Waals surface area contributed by atoms with E-state index in [2.05, 4.69) is 11.9 Å². The van der Waals surface area contributed by atoms with Gasteiger partial charge in [0.2, 0.25) is 5.91 Å². The molecule has 1 N–H and O–H groups in total. The molecule has 3 rings (SSSR count). The van der Waals surface area contributed by atoms with E-state index in [9.17, 15) is 14.0 Å². The number of benzene rings is 2. The highest BCUT2D eigenvalue weighted by Gasteiger charge is 2.26. The average molecular weight is 352 g/mol. The summed E-state index contributed by atoms with van der Waals surface area (Å²) in [5.74, 6) is -0.812. The molecular formula is C21H21FN2O2. The van der Waals surface area contributed by atoms with Gasteiger partial charge in [0.05, 0.1) is 5.69 Å². The lowest BCUT2D eigenvalue weighted by Gasteiger charge is -2.30. The summed E-state index contributed by atoms with van der Waals surface area (Å²) in [4.78, 5) is 25.6. The Morgan fingerprint density at radius 3 is 2.69 bits per heavy atom. The second-order valence-electron chi connectivity index (χ2n) is 6.43. The Balaban J connectivity index is 1.80. The summed E-state index contributed by atoms with van der Waals surface area (Å²) in [6, 6.07) is 10.4. The molecule has 0 spiro atoms. The van der Waals surface area contributed by atoms with Crippen molar-refractivity contribution >= 4 is 17.5 Å². The summed E-state index contributed by atoms with van der Waals surface area (Å²) >= 11 is 0. The quantitative estimate of drug-likeness (QED) is 0.856. The fraction of sp³-hybridized carbons (Fsp3) is 0.238. The van der Waals surface area contributed by atoms with Crippen LogP contribution in [0.15, 0.2) is 49.1 Å². The topological polar surface area (TPSA) is 49.4 Å². The van der Waals surface area contributed by atoms with Crippen molar-refractivity contribution in [3.63, 3.8) is 0 Å². The number of fused-ring (bicyclic) bond motifs is 1. The number of hydrogen-bond donors (Lipinski definition) is 1. The van der Waals surface area contributed by atoms with Gasteiger partial charge in [-0.1, -0.05) is 24.8 Å². The van der Waals surface area contributed by atoms with Gasteiger partial charge in [0, 0.05) is 18.7 Å². The molecule has 0 atom stereocenters. The Morgan fingerprint density at radius 1 is 1.27 bits per heavy atom. The van der Waals surface area contributed by atoms with Gasteiger partial charge in [-0.2, -0.15) is 0 Å². The lowest BCUT2D eigenvalue weighted by molar-refractivity contribution is -0.116. The number of aryl methyl sites for hydroxylation is 2. The zero-order valence-electron chi connectivity index (χ0n) is 14.7. The summed E-state index contributed by atoms with van der Waals surface area (Å²) in [5.41, 5.74) is 3.51. The second kappa shape index (κ2) is 7.52. The first-order valence-corrected chi connectivity index (χ1v) is 8.59. The zero-order valence-corrected chi connectivity index (χ0v) is 14.7. The average Bonchev–Trinajstić information content (AvgIpc) is 2.65. The Labute approximate surface area is 152 Å². The molecule has 0 unspecified atom stereocenters. The zero-order chi connectivity index (χ0) is 18.7. The highest BCUT2D eigenvalue weighted by molar-refractivity contribution is 6.06. The molecule has 26 heavy (non-hydrogen) atoms. The molecule has 1 aliphatic rings. The van der Waals surface area contributed by atoms with Crippen LogP contribution in [-0.2, 0) is 17.8 Å². The molecule has 2 aromatic rings. The predicted octanol–water partition coefficient (Wildman–Crippen LogP) is 3.53. The number of nitrogens with one attached hydrogen (secondary N) is 1. The van der Waals surface area contributed by atoms with Crippen LogP contribution in [0.25, 0.3) is 0 Å². The highest BCUT2D eigenvalue weighted by Crippen LogP contribution is 2.32. The molecule has 0 radical (unpaired) electrons. The van der Waals surface area contributed by atoms with Crippen LogP contribution in [0.3, 0.4) is 0 Å². The minimum absolute atomic E-state index is 0.213. The van der Waals surface area contributed by atoms with E-state index in [1.54, 1.807) is 24.3 Å². The van der Waals surface area contributed by atoms with Crippen molar-refractivity contribution in [3.8, 4) is 0 Å². The van der Waals surface area contributed by atoms with Crippen molar-refractivity contribution in [2.24, 2.45) is 0 Å². The molecule has 0 saturated heterocycles. The first kappa shape index (κ1) is 17.9. The third-order valence-corrected chi connectivity index (χ3v) is 4.48. The minimum Gasteiger partial charge on any atom is -0.348 e. The van der Waals surface area contributed by atoms with Crippen LogP contribution in [-0.4, -0.2) is 18.4 Å². The van der Waals surface area contributed by atoms with Crippen molar-refractivity contribution in [2.45, 2.75) is 26.3 Å². The Hall–Kier alpha value is -2.95. The molecule has 0 saturated carbocycles. The molecule has 0 aromatic heterocycles. The largest absolute Gasteiger partial charge is 0.348 e. The normalized spacial score (nSPS) is 13.1. The fourth-order valence-corrected chi connectivity index (χ4v) is 3.22. The Kier molecular flexibility index (Phi) is 5.16. The maximum absolute atomic E-state index is 14.5. The molecule has 0 bridgehead atoms. The van der Waals surface area contributed by atoms with Crippen molar-refractivity contribution < 1.29 is 14.0 Å². The number of carbonyl (C=O) groups excluding carboxylic acids is 2. The molecular weight excluding hydrogens is 331 g/mol. The maximum atomic E-state index is 14.5. The third-order valence-electron chi connectivity index (χ3n) is 4.48. The lowest BCUT2D eigenvalue weighted by Crippen LogP contribution is -2.36. The summed E-state index contributed by atoms with van der Waals surface area (Å²) in [7, 11) is 0. The number of carbonyl (C=O) groups is 2. The summed E-state index contributed by atoms with van der Waals surface area (Å²) in [6.45, 7) is 6.12. The first-order valence-electron chi connectivity index (χ1n) is 8.59. The van der Waals surface area contributed by atoms with E-state index >= 15 is 0 Å². The van der Waals surface area contributed by atoms with Crippen LogP contribution in [0.5, 0.6) is 0 Å². The predicted molar refractivity (Wildman–Crippen MR) is 99.6 cm³/mol. The third kappa shape index (κ3) is 3.67. The van der Waals surface area contributed by atoms with Crippen LogP contribution in [0.1, 0.15) is 33.5 Å². The van der Waals surface area contributed by atoms with Crippen LogP contribution < -0.4 is 10.2 Å². The summed E-state index contributed by atoms with van der Waals surface area (Å²) < 4.78 is 14.5. The Bertz CT molecular complexity index is 859. The van der Waals surface area contributed by atoms with E-state index in [4.69, 9.17) is 0 Å². The van der Waals surface area contributed by atoms with Gasteiger partial charge in [0.25, 0.3) is 5.91 Å². The molecule has 0 fully saturated rings. The number of amides is 2. The SMILES string of the molecule is C=CC(=O)NCc1ccc(C(=O)N2CCCc3cc(C)cc(F)c32)cc1. The minimum atomic E-state index is -0.350. The second-order valence-corrected chi connectivity index (χ2v) is 6.43. The molecule has 1 aliphatic heterocycles. The van der Waals surface area contributed by atoms with E-state index < -0.39 is 0 Å². The number of hydrogen-bond acceptors (Lipinski definition) is 2.